The van der Waals surface area contributed by atoms with E-state index in [-0.39, 0.29) is 12.0 Å². The summed E-state index contributed by atoms with van der Waals surface area (Å²) in [5, 5.41) is 18.0. The number of nitrogens with zero attached hydrogens (tertiary/aromatic N) is 8. The van der Waals surface area contributed by atoms with Crippen molar-refractivity contribution in [3.05, 3.63) is 43.2 Å². The van der Waals surface area contributed by atoms with Crippen LogP contribution < -0.4 is 10.2 Å². The van der Waals surface area contributed by atoms with Gasteiger partial charge in [0.2, 0.25) is 5.95 Å². The van der Waals surface area contributed by atoms with E-state index in [2.05, 4.69) is 46.3 Å². The number of nitrogens with one attached hydrogen (secondary N) is 2. The molecular formula is C21H22N10. The van der Waals surface area contributed by atoms with Crippen LogP contribution in [-0.4, -0.2) is 54.8 Å². The van der Waals surface area contributed by atoms with E-state index >= 15 is 0 Å². The monoisotopic (exact) mass is 414 g/mol. The van der Waals surface area contributed by atoms with Gasteiger partial charge in [-0.05, 0) is 18.6 Å². The molecule has 2 N–H and O–H groups in total. The van der Waals surface area contributed by atoms with Crippen LogP contribution in [0.5, 0.6) is 0 Å². The number of aromatic nitrogens is 7. The average molecular weight is 414 g/mol. The van der Waals surface area contributed by atoms with Crippen LogP contribution in [0.1, 0.15) is 18.9 Å². The van der Waals surface area contributed by atoms with Gasteiger partial charge in [0.25, 0.3) is 0 Å². The zero-order valence-electron chi connectivity index (χ0n) is 17.1. The fraction of sp³-hybridized carbons (Fsp3) is 0.333. The van der Waals surface area contributed by atoms with Crippen LogP contribution in [0.15, 0.2) is 43.2 Å². The maximum atomic E-state index is 9.49. The lowest BCUT2D eigenvalue weighted by Gasteiger charge is -2.23. The molecule has 0 spiro atoms. The molecule has 2 unspecified atom stereocenters. The van der Waals surface area contributed by atoms with E-state index in [0.717, 1.165) is 47.6 Å². The van der Waals surface area contributed by atoms with Crippen LogP contribution in [0.3, 0.4) is 0 Å². The summed E-state index contributed by atoms with van der Waals surface area (Å²) in [6.07, 6.45) is 10.3. The molecule has 2 atom stereocenters. The summed E-state index contributed by atoms with van der Waals surface area (Å²) < 4.78 is 1.92. The number of nitriles is 1. The summed E-state index contributed by atoms with van der Waals surface area (Å²) >= 11 is 0. The molecular weight excluding hydrogens is 392 g/mol. The smallest absolute Gasteiger partial charge is 0.224 e. The zero-order chi connectivity index (χ0) is 21.2. The largest absolute Gasteiger partial charge is 0.357 e. The Balaban J connectivity index is 1.39. The lowest BCUT2D eigenvalue weighted by molar-refractivity contribution is 0.332. The van der Waals surface area contributed by atoms with Crippen molar-refractivity contribution in [1.29, 1.82) is 5.26 Å². The molecule has 0 aliphatic carbocycles. The summed E-state index contributed by atoms with van der Waals surface area (Å²) in [5.74, 6) is 1.79. The number of fused-ring (bicyclic) bond motifs is 1. The molecule has 0 saturated carbocycles. The third kappa shape index (κ3) is 3.54. The molecule has 0 radical (unpaired) electrons. The Morgan fingerprint density at radius 2 is 2.26 bits per heavy atom. The first kappa shape index (κ1) is 19.0. The Hall–Kier alpha value is -4.00. The van der Waals surface area contributed by atoms with Gasteiger partial charge >= 0.3 is 0 Å². The van der Waals surface area contributed by atoms with E-state index in [9.17, 15) is 5.26 Å². The molecule has 10 nitrogen and oxygen atoms in total. The Morgan fingerprint density at radius 1 is 1.32 bits per heavy atom. The molecule has 0 aromatic carbocycles. The van der Waals surface area contributed by atoms with Crippen molar-refractivity contribution in [2.24, 2.45) is 5.92 Å². The van der Waals surface area contributed by atoms with Crippen molar-refractivity contribution in [3.8, 4) is 17.3 Å². The van der Waals surface area contributed by atoms with Crippen molar-refractivity contribution >= 4 is 22.8 Å². The summed E-state index contributed by atoms with van der Waals surface area (Å²) in [6.45, 7) is 1.70. The minimum absolute atomic E-state index is 0.0158. The predicted octanol–water partition coefficient (Wildman–Crippen LogP) is 2.63. The Kier molecular flexibility index (Phi) is 4.92. The highest BCUT2D eigenvalue weighted by atomic mass is 15.3. The van der Waals surface area contributed by atoms with E-state index in [4.69, 9.17) is 0 Å². The van der Waals surface area contributed by atoms with Crippen LogP contribution in [0, 0.1) is 17.2 Å². The molecule has 1 aliphatic heterocycles. The SMILES string of the molecule is CNc1nccc(N2CCC(C(CC#N)n3cc(-c4ncnc5[nH]ccc45)cn3)C2)n1. The van der Waals surface area contributed by atoms with Crippen molar-refractivity contribution in [3.63, 3.8) is 0 Å². The number of rotatable bonds is 6. The second-order valence-corrected chi connectivity index (χ2v) is 7.58. The Bertz CT molecular complexity index is 1240. The van der Waals surface area contributed by atoms with Gasteiger partial charge in [-0.3, -0.25) is 4.68 Å². The zero-order valence-corrected chi connectivity index (χ0v) is 17.1. The van der Waals surface area contributed by atoms with Crippen molar-refractivity contribution in [2.45, 2.75) is 18.9 Å². The van der Waals surface area contributed by atoms with E-state index in [0.29, 0.717) is 12.4 Å². The van der Waals surface area contributed by atoms with E-state index in [1.807, 2.05) is 42.5 Å². The first-order valence-electron chi connectivity index (χ1n) is 10.2. The van der Waals surface area contributed by atoms with Gasteiger partial charge in [-0.25, -0.2) is 15.0 Å². The lowest BCUT2D eigenvalue weighted by Crippen LogP contribution is -2.25. The van der Waals surface area contributed by atoms with Crippen molar-refractivity contribution in [1.82, 2.24) is 34.7 Å². The normalized spacial score (nSPS) is 17.0. The van der Waals surface area contributed by atoms with Gasteiger partial charge in [0.15, 0.2) is 0 Å². The second kappa shape index (κ2) is 8.02. The average Bonchev–Trinajstić information content (AvgIpc) is 3.57. The maximum absolute atomic E-state index is 9.49. The Labute approximate surface area is 179 Å². The fourth-order valence-electron chi connectivity index (χ4n) is 4.27. The topological polar surface area (TPSA) is 124 Å². The lowest BCUT2D eigenvalue weighted by atomic mass is 9.96. The first-order valence-corrected chi connectivity index (χ1v) is 10.2. The van der Waals surface area contributed by atoms with Crippen LogP contribution in [0.2, 0.25) is 0 Å². The second-order valence-electron chi connectivity index (χ2n) is 7.58. The molecule has 1 saturated heterocycles. The number of hydrogen-bond donors (Lipinski definition) is 2. The quantitative estimate of drug-likeness (QED) is 0.493. The summed E-state index contributed by atoms with van der Waals surface area (Å²) in [6, 6.07) is 6.21. The predicted molar refractivity (Wildman–Crippen MR) is 116 cm³/mol. The molecule has 1 aliphatic rings. The highest BCUT2D eigenvalue weighted by Gasteiger charge is 2.32. The molecule has 31 heavy (non-hydrogen) atoms. The highest BCUT2D eigenvalue weighted by molar-refractivity contribution is 5.89. The molecule has 156 valence electrons. The standard InChI is InChI=1S/C21H22N10/c1-23-21-25-8-4-18(29-21)30-9-5-14(11-30)17(2-6-22)31-12-15(10-28-31)19-16-3-7-24-20(16)27-13-26-19/h3-4,7-8,10,12-14,17H,2,5,9,11H2,1H3,(H,23,25,29)(H,24,26,27). The number of aromatic amines is 1. The molecule has 5 heterocycles. The van der Waals surface area contributed by atoms with E-state index in [1.165, 1.54) is 0 Å². The van der Waals surface area contributed by atoms with Gasteiger partial charge in [0.1, 0.15) is 17.8 Å². The molecule has 10 heteroatoms. The minimum atomic E-state index is -0.0158. The number of H-pyrrole nitrogens is 1. The van der Waals surface area contributed by atoms with Crippen LogP contribution in [-0.2, 0) is 0 Å². The highest BCUT2D eigenvalue weighted by Crippen LogP contribution is 2.33. The van der Waals surface area contributed by atoms with Crippen molar-refractivity contribution in [2.75, 3.05) is 30.4 Å². The first-order chi connectivity index (χ1) is 15.3. The third-order valence-corrected chi connectivity index (χ3v) is 5.83. The molecule has 4 aromatic heterocycles. The fourth-order valence-corrected chi connectivity index (χ4v) is 4.27. The maximum Gasteiger partial charge on any atom is 0.224 e. The minimum Gasteiger partial charge on any atom is -0.357 e. The van der Waals surface area contributed by atoms with Gasteiger partial charge < -0.3 is 15.2 Å². The summed E-state index contributed by atoms with van der Waals surface area (Å²) in [5.41, 5.74) is 2.55. The molecule has 5 rings (SSSR count). The summed E-state index contributed by atoms with van der Waals surface area (Å²) in [7, 11) is 1.81. The third-order valence-electron chi connectivity index (χ3n) is 5.83. The molecule has 1 fully saturated rings. The van der Waals surface area contributed by atoms with E-state index < -0.39 is 0 Å². The summed E-state index contributed by atoms with van der Waals surface area (Å²) in [4.78, 5) is 22.8. The van der Waals surface area contributed by atoms with Gasteiger partial charge in [0, 0.05) is 55.6 Å². The van der Waals surface area contributed by atoms with Crippen LogP contribution in [0.4, 0.5) is 11.8 Å². The molecule has 4 aromatic rings. The molecule has 0 bridgehead atoms. The van der Waals surface area contributed by atoms with Gasteiger partial charge in [-0.15, -0.1) is 0 Å². The molecule has 0 amide bonds. The van der Waals surface area contributed by atoms with Crippen LogP contribution >= 0.6 is 0 Å². The van der Waals surface area contributed by atoms with Crippen LogP contribution in [0.25, 0.3) is 22.3 Å². The van der Waals surface area contributed by atoms with Crippen molar-refractivity contribution < 1.29 is 0 Å². The van der Waals surface area contributed by atoms with Gasteiger partial charge in [-0.2, -0.15) is 15.3 Å². The van der Waals surface area contributed by atoms with Gasteiger partial charge in [-0.1, -0.05) is 0 Å². The van der Waals surface area contributed by atoms with E-state index in [1.54, 1.807) is 12.5 Å². The van der Waals surface area contributed by atoms with Gasteiger partial charge in [0.05, 0.1) is 30.4 Å². The number of hydrogen-bond acceptors (Lipinski definition) is 8. The Morgan fingerprint density at radius 3 is 3.13 bits per heavy atom. The number of anilines is 2.